The molecule has 0 N–H and O–H groups in total. The lowest BCUT2D eigenvalue weighted by atomic mass is 10.1. The Morgan fingerprint density at radius 2 is 1.86 bits per heavy atom. The van der Waals surface area contributed by atoms with Gasteiger partial charge < -0.3 is 4.90 Å². The highest BCUT2D eigenvalue weighted by atomic mass is 35.5. The first-order valence-corrected chi connectivity index (χ1v) is 5.66. The van der Waals surface area contributed by atoms with Crippen molar-refractivity contribution in [2.75, 3.05) is 18.0 Å². The van der Waals surface area contributed by atoms with E-state index in [2.05, 4.69) is 23.1 Å². The highest BCUT2D eigenvalue weighted by Gasteiger charge is 2.11. The van der Waals surface area contributed by atoms with Crippen molar-refractivity contribution in [3.05, 3.63) is 28.8 Å². The molecule has 1 aliphatic rings. The maximum Gasteiger partial charge on any atom is 0.0455 e. The van der Waals surface area contributed by atoms with Gasteiger partial charge in [0.1, 0.15) is 0 Å². The molecule has 1 aliphatic heterocycles. The van der Waals surface area contributed by atoms with Gasteiger partial charge in [0.2, 0.25) is 0 Å². The third-order valence-corrected chi connectivity index (χ3v) is 3.28. The molecule has 76 valence electrons. The van der Waals surface area contributed by atoms with Gasteiger partial charge >= 0.3 is 0 Å². The highest BCUT2D eigenvalue weighted by molar-refractivity contribution is 6.31. The molecule has 1 saturated heterocycles. The predicted octanol–water partition coefficient (Wildman–Crippen LogP) is 3.64. The molecule has 0 saturated carbocycles. The van der Waals surface area contributed by atoms with E-state index in [9.17, 15) is 0 Å². The summed E-state index contributed by atoms with van der Waals surface area (Å²) in [5.41, 5.74) is 2.44. The van der Waals surface area contributed by atoms with Gasteiger partial charge in [-0.3, -0.25) is 0 Å². The predicted molar refractivity (Wildman–Crippen MR) is 62.3 cm³/mol. The van der Waals surface area contributed by atoms with Crippen molar-refractivity contribution in [3.8, 4) is 0 Å². The van der Waals surface area contributed by atoms with Gasteiger partial charge in [0, 0.05) is 23.8 Å². The first-order valence-electron chi connectivity index (χ1n) is 5.28. The molecular formula is C12H16ClN. The lowest BCUT2D eigenvalue weighted by Gasteiger charge is -2.29. The van der Waals surface area contributed by atoms with Crippen LogP contribution < -0.4 is 4.90 Å². The number of nitrogens with zero attached hydrogens (tertiary/aromatic N) is 1. The lowest BCUT2D eigenvalue weighted by molar-refractivity contribution is 0.578. The summed E-state index contributed by atoms with van der Waals surface area (Å²) >= 11 is 6.11. The van der Waals surface area contributed by atoms with Crippen LogP contribution in [0, 0.1) is 6.92 Å². The largest absolute Gasteiger partial charge is 0.371 e. The van der Waals surface area contributed by atoms with Gasteiger partial charge in [0.15, 0.2) is 0 Å². The van der Waals surface area contributed by atoms with Gasteiger partial charge in [-0.25, -0.2) is 0 Å². The topological polar surface area (TPSA) is 3.24 Å². The van der Waals surface area contributed by atoms with Crippen LogP contribution in [0.5, 0.6) is 0 Å². The third kappa shape index (κ3) is 2.03. The maximum atomic E-state index is 6.11. The molecule has 0 radical (unpaired) electrons. The summed E-state index contributed by atoms with van der Waals surface area (Å²) in [7, 11) is 0. The molecule has 0 bridgehead atoms. The highest BCUT2D eigenvalue weighted by Crippen LogP contribution is 2.25. The van der Waals surface area contributed by atoms with Gasteiger partial charge in [-0.1, -0.05) is 17.7 Å². The molecule has 0 amide bonds. The van der Waals surface area contributed by atoms with E-state index in [0.29, 0.717) is 0 Å². The monoisotopic (exact) mass is 209 g/mol. The minimum atomic E-state index is 0.882. The number of rotatable bonds is 1. The van der Waals surface area contributed by atoms with Crippen LogP contribution in [0.4, 0.5) is 5.69 Å². The summed E-state index contributed by atoms with van der Waals surface area (Å²) in [5, 5.41) is 0.882. The van der Waals surface area contributed by atoms with Crippen LogP contribution in [-0.4, -0.2) is 13.1 Å². The molecule has 0 unspecified atom stereocenters. The van der Waals surface area contributed by atoms with Crippen LogP contribution in [0.3, 0.4) is 0 Å². The SMILES string of the molecule is Cc1ccc(N2CCCCC2)cc1Cl. The Morgan fingerprint density at radius 1 is 1.14 bits per heavy atom. The molecule has 1 fully saturated rings. The number of piperidine rings is 1. The zero-order valence-corrected chi connectivity index (χ0v) is 9.35. The Bertz CT molecular complexity index is 316. The van der Waals surface area contributed by atoms with Gasteiger partial charge in [0.25, 0.3) is 0 Å². The fourth-order valence-electron chi connectivity index (χ4n) is 1.93. The Labute approximate surface area is 90.7 Å². The molecule has 2 rings (SSSR count). The van der Waals surface area contributed by atoms with Crippen LogP contribution in [0.2, 0.25) is 5.02 Å². The van der Waals surface area contributed by atoms with E-state index in [1.165, 1.54) is 38.0 Å². The molecule has 2 heteroatoms. The molecule has 1 nitrogen and oxygen atoms in total. The minimum absolute atomic E-state index is 0.882. The minimum Gasteiger partial charge on any atom is -0.371 e. The second-order valence-electron chi connectivity index (χ2n) is 3.98. The maximum absolute atomic E-state index is 6.11. The Balaban J connectivity index is 2.18. The molecular weight excluding hydrogens is 194 g/mol. The average Bonchev–Trinajstić information content (AvgIpc) is 2.23. The van der Waals surface area contributed by atoms with E-state index < -0.39 is 0 Å². The van der Waals surface area contributed by atoms with Gasteiger partial charge in [-0.15, -0.1) is 0 Å². The second kappa shape index (κ2) is 4.22. The number of anilines is 1. The number of aryl methyl sites for hydroxylation is 1. The summed E-state index contributed by atoms with van der Waals surface area (Å²) in [5.74, 6) is 0. The van der Waals surface area contributed by atoms with Crippen LogP contribution >= 0.6 is 11.6 Å². The smallest absolute Gasteiger partial charge is 0.0455 e. The Kier molecular flexibility index (Phi) is 2.97. The van der Waals surface area contributed by atoms with Gasteiger partial charge in [-0.2, -0.15) is 0 Å². The molecule has 0 atom stereocenters. The fourth-order valence-corrected chi connectivity index (χ4v) is 2.11. The number of hydrogen-bond donors (Lipinski definition) is 0. The second-order valence-corrected chi connectivity index (χ2v) is 4.39. The van der Waals surface area contributed by atoms with E-state index in [-0.39, 0.29) is 0 Å². The van der Waals surface area contributed by atoms with E-state index in [4.69, 9.17) is 11.6 Å². The number of hydrogen-bond acceptors (Lipinski definition) is 1. The van der Waals surface area contributed by atoms with Crippen LogP contribution in [0.1, 0.15) is 24.8 Å². The standard InChI is InChI=1S/C12H16ClN/c1-10-5-6-11(9-12(10)13)14-7-3-2-4-8-14/h5-6,9H,2-4,7-8H2,1H3. The molecule has 14 heavy (non-hydrogen) atoms. The quantitative estimate of drug-likeness (QED) is 0.683. The van der Waals surface area contributed by atoms with Crippen LogP contribution in [0.15, 0.2) is 18.2 Å². The first-order chi connectivity index (χ1) is 6.77. The van der Waals surface area contributed by atoms with Crippen molar-refractivity contribution >= 4 is 17.3 Å². The molecule has 1 aromatic rings. The van der Waals surface area contributed by atoms with E-state index >= 15 is 0 Å². The lowest BCUT2D eigenvalue weighted by Crippen LogP contribution is -2.29. The summed E-state index contributed by atoms with van der Waals surface area (Å²) in [6.07, 6.45) is 3.99. The summed E-state index contributed by atoms with van der Waals surface area (Å²) in [6, 6.07) is 6.36. The van der Waals surface area contributed by atoms with Crippen molar-refractivity contribution in [1.29, 1.82) is 0 Å². The molecule has 1 heterocycles. The van der Waals surface area contributed by atoms with Crippen molar-refractivity contribution < 1.29 is 0 Å². The van der Waals surface area contributed by atoms with E-state index in [1.807, 2.05) is 6.92 Å². The van der Waals surface area contributed by atoms with E-state index in [0.717, 1.165) is 10.6 Å². The van der Waals surface area contributed by atoms with Crippen molar-refractivity contribution in [2.24, 2.45) is 0 Å². The summed E-state index contributed by atoms with van der Waals surface area (Å²) in [6.45, 7) is 4.40. The summed E-state index contributed by atoms with van der Waals surface area (Å²) in [4.78, 5) is 2.43. The first kappa shape index (κ1) is 9.85. The van der Waals surface area contributed by atoms with Crippen LogP contribution in [-0.2, 0) is 0 Å². The average molecular weight is 210 g/mol. The fraction of sp³-hybridized carbons (Fsp3) is 0.500. The molecule has 0 aliphatic carbocycles. The Morgan fingerprint density at radius 3 is 2.50 bits per heavy atom. The van der Waals surface area contributed by atoms with Gasteiger partial charge in [0.05, 0.1) is 0 Å². The number of halogens is 1. The Hall–Kier alpha value is -0.690. The van der Waals surface area contributed by atoms with Crippen molar-refractivity contribution in [2.45, 2.75) is 26.2 Å². The molecule has 1 aromatic carbocycles. The van der Waals surface area contributed by atoms with Crippen LogP contribution in [0.25, 0.3) is 0 Å². The normalized spacial score (nSPS) is 17.1. The van der Waals surface area contributed by atoms with E-state index in [1.54, 1.807) is 0 Å². The van der Waals surface area contributed by atoms with Crippen molar-refractivity contribution in [3.63, 3.8) is 0 Å². The zero-order valence-electron chi connectivity index (χ0n) is 8.59. The zero-order chi connectivity index (χ0) is 9.97. The summed E-state index contributed by atoms with van der Waals surface area (Å²) < 4.78 is 0. The molecule has 0 spiro atoms. The van der Waals surface area contributed by atoms with Gasteiger partial charge in [-0.05, 0) is 43.9 Å². The third-order valence-electron chi connectivity index (χ3n) is 2.88. The molecule has 0 aromatic heterocycles. The van der Waals surface area contributed by atoms with Crippen molar-refractivity contribution in [1.82, 2.24) is 0 Å². The number of benzene rings is 1.